The zero-order valence-corrected chi connectivity index (χ0v) is 15.0. The molecule has 0 aliphatic heterocycles. The zero-order chi connectivity index (χ0) is 18.5. The van der Waals surface area contributed by atoms with Gasteiger partial charge in [-0.3, -0.25) is 9.69 Å². The molecule has 3 N–H and O–H groups in total. The van der Waals surface area contributed by atoms with Gasteiger partial charge < -0.3 is 15.6 Å². The number of aliphatic hydroxyl groups excluding tert-OH is 1. The molecule has 0 heterocycles. The van der Waals surface area contributed by atoms with E-state index in [0.717, 1.165) is 5.56 Å². The lowest BCUT2D eigenvalue weighted by Crippen LogP contribution is -2.58. The maximum absolute atomic E-state index is 12.6. The number of nitrogens with zero attached hydrogens (tertiary/aromatic N) is 1. The van der Waals surface area contributed by atoms with Gasteiger partial charge in [0.1, 0.15) is 11.6 Å². The number of carbonyl (C=O) groups is 2. The second-order valence-electron chi connectivity index (χ2n) is 7.01. The van der Waals surface area contributed by atoms with Gasteiger partial charge in [-0.1, -0.05) is 30.3 Å². The lowest BCUT2D eigenvalue weighted by Gasteiger charge is -2.37. The highest BCUT2D eigenvalue weighted by atomic mass is 16.6. The van der Waals surface area contributed by atoms with Crippen molar-refractivity contribution in [3.63, 3.8) is 0 Å². The molecule has 0 aromatic heterocycles. The van der Waals surface area contributed by atoms with E-state index in [1.54, 1.807) is 27.7 Å². The highest BCUT2D eigenvalue weighted by molar-refractivity contribution is 5.85. The van der Waals surface area contributed by atoms with Crippen LogP contribution in [0, 0.1) is 0 Å². The van der Waals surface area contributed by atoms with Crippen molar-refractivity contribution in [3.8, 4) is 0 Å². The van der Waals surface area contributed by atoms with Gasteiger partial charge in [0.15, 0.2) is 0 Å². The molecule has 134 valence electrons. The van der Waals surface area contributed by atoms with Crippen LogP contribution in [0.25, 0.3) is 0 Å². The van der Waals surface area contributed by atoms with E-state index < -0.39 is 29.7 Å². The molecule has 0 spiro atoms. The molecule has 24 heavy (non-hydrogen) atoms. The first-order valence-electron chi connectivity index (χ1n) is 8.05. The van der Waals surface area contributed by atoms with Crippen LogP contribution in [-0.2, 0) is 16.0 Å². The summed E-state index contributed by atoms with van der Waals surface area (Å²) < 4.78 is 5.41. The van der Waals surface area contributed by atoms with Gasteiger partial charge in [0.05, 0.1) is 6.10 Å². The lowest BCUT2D eigenvalue weighted by atomic mass is 10.0. The van der Waals surface area contributed by atoms with Gasteiger partial charge in [-0.05, 0) is 46.6 Å². The highest BCUT2D eigenvalue weighted by Gasteiger charge is 2.37. The summed E-state index contributed by atoms with van der Waals surface area (Å²) in [6.45, 7) is 8.46. The molecule has 1 rings (SSSR count). The molecule has 6 heteroatoms. The van der Waals surface area contributed by atoms with Crippen molar-refractivity contribution < 1.29 is 19.4 Å². The number of hydrogen-bond donors (Lipinski definition) is 2. The Balaban J connectivity index is 3.11. The molecule has 6 nitrogen and oxygen atoms in total. The molecule has 1 aromatic carbocycles. The van der Waals surface area contributed by atoms with Crippen LogP contribution in [0.1, 0.15) is 40.2 Å². The fourth-order valence-electron chi connectivity index (χ4n) is 2.54. The molecule has 0 unspecified atom stereocenters. The summed E-state index contributed by atoms with van der Waals surface area (Å²) in [4.78, 5) is 25.7. The first kappa shape index (κ1) is 20.0. The zero-order valence-electron chi connectivity index (χ0n) is 15.0. The monoisotopic (exact) mass is 336 g/mol. The van der Waals surface area contributed by atoms with Crippen molar-refractivity contribution >= 4 is 12.0 Å². The van der Waals surface area contributed by atoms with E-state index >= 15 is 0 Å². The van der Waals surface area contributed by atoms with Crippen LogP contribution in [0.4, 0.5) is 4.79 Å². The van der Waals surface area contributed by atoms with Gasteiger partial charge in [-0.25, -0.2) is 4.79 Å². The Morgan fingerprint density at radius 1 is 1.21 bits per heavy atom. The normalized spacial score (nSPS) is 15.2. The summed E-state index contributed by atoms with van der Waals surface area (Å²) in [6.07, 6.45) is -1.26. The van der Waals surface area contributed by atoms with Crippen molar-refractivity contribution in [3.05, 3.63) is 35.9 Å². The minimum Gasteiger partial charge on any atom is -0.444 e. The number of aliphatic hydroxyl groups is 1. The number of benzene rings is 1. The number of nitrogens with two attached hydrogens (primary N) is 1. The summed E-state index contributed by atoms with van der Waals surface area (Å²) in [5, 5.41) is 9.96. The Hall–Kier alpha value is -2.08. The van der Waals surface area contributed by atoms with Gasteiger partial charge >= 0.3 is 6.09 Å². The standard InChI is InChI=1S/C18H28N2O4/c1-12(11-14-9-7-6-8-10-14)20(15(13(2)21)16(19)22)17(23)24-18(3,4)5/h6-10,12-13,15,21H,11H2,1-5H3,(H2,19,22)/t12-,13+,15+/m1/s1. The Kier molecular flexibility index (Phi) is 6.78. The Labute approximate surface area is 143 Å². The van der Waals surface area contributed by atoms with E-state index in [4.69, 9.17) is 10.5 Å². The summed E-state index contributed by atoms with van der Waals surface area (Å²) in [5.41, 5.74) is 5.71. The molecule has 1 aromatic rings. The van der Waals surface area contributed by atoms with Gasteiger partial charge in [0.25, 0.3) is 0 Å². The predicted octanol–water partition coefficient (Wildman–Crippen LogP) is 2.09. The first-order valence-corrected chi connectivity index (χ1v) is 8.05. The van der Waals surface area contributed by atoms with Gasteiger partial charge in [-0.2, -0.15) is 0 Å². The number of ether oxygens (including phenoxy) is 1. The molecule has 0 bridgehead atoms. The summed E-state index contributed by atoms with van der Waals surface area (Å²) in [7, 11) is 0. The van der Waals surface area contributed by atoms with Crippen LogP contribution in [0.2, 0.25) is 0 Å². The van der Waals surface area contributed by atoms with E-state index in [-0.39, 0.29) is 6.04 Å². The van der Waals surface area contributed by atoms with Crippen molar-refractivity contribution in [1.82, 2.24) is 4.90 Å². The van der Waals surface area contributed by atoms with Gasteiger partial charge in [-0.15, -0.1) is 0 Å². The molecule has 0 saturated heterocycles. The average Bonchev–Trinajstić information content (AvgIpc) is 2.42. The van der Waals surface area contributed by atoms with Crippen LogP contribution in [0.15, 0.2) is 30.3 Å². The SMILES string of the molecule is C[C@H](O)[C@@H](C(N)=O)N(C(=O)OC(C)(C)C)[C@H](C)Cc1ccccc1. The van der Waals surface area contributed by atoms with E-state index in [2.05, 4.69) is 0 Å². The second-order valence-corrected chi connectivity index (χ2v) is 7.01. The summed E-state index contributed by atoms with van der Waals surface area (Å²) >= 11 is 0. The van der Waals surface area contributed by atoms with Crippen molar-refractivity contribution in [1.29, 1.82) is 0 Å². The van der Waals surface area contributed by atoms with E-state index in [9.17, 15) is 14.7 Å². The third-order valence-electron chi connectivity index (χ3n) is 3.50. The van der Waals surface area contributed by atoms with Gasteiger partial charge in [0, 0.05) is 6.04 Å². The average molecular weight is 336 g/mol. The van der Waals surface area contributed by atoms with Gasteiger partial charge in [0.2, 0.25) is 5.91 Å². The molecular formula is C18H28N2O4. The number of carbonyl (C=O) groups excluding carboxylic acids is 2. The molecule has 0 aliphatic rings. The second kappa shape index (κ2) is 8.15. The third kappa shape index (κ3) is 5.85. The lowest BCUT2D eigenvalue weighted by molar-refractivity contribution is -0.128. The minimum absolute atomic E-state index is 0.380. The summed E-state index contributed by atoms with van der Waals surface area (Å²) in [6, 6.07) is 8.05. The fourth-order valence-corrected chi connectivity index (χ4v) is 2.54. The Morgan fingerprint density at radius 2 is 1.75 bits per heavy atom. The molecular weight excluding hydrogens is 308 g/mol. The fraction of sp³-hybridized carbons (Fsp3) is 0.556. The molecule has 3 atom stereocenters. The minimum atomic E-state index is -1.15. The van der Waals surface area contributed by atoms with Crippen LogP contribution in [-0.4, -0.2) is 45.8 Å². The Morgan fingerprint density at radius 3 is 2.17 bits per heavy atom. The van der Waals surface area contributed by atoms with Crippen LogP contribution < -0.4 is 5.73 Å². The van der Waals surface area contributed by atoms with E-state index in [0.29, 0.717) is 6.42 Å². The summed E-state index contributed by atoms with van der Waals surface area (Å²) in [5.74, 6) is -0.768. The van der Waals surface area contributed by atoms with Crippen LogP contribution in [0.5, 0.6) is 0 Å². The number of rotatable bonds is 6. The molecule has 0 aliphatic carbocycles. The predicted molar refractivity (Wildman–Crippen MR) is 92.3 cm³/mol. The van der Waals surface area contributed by atoms with Crippen molar-refractivity contribution in [2.75, 3.05) is 0 Å². The quantitative estimate of drug-likeness (QED) is 0.832. The first-order chi connectivity index (χ1) is 11.0. The largest absolute Gasteiger partial charge is 0.444 e. The highest BCUT2D eigenvalue weighted by Crippen LogP contribution is 2.19. The molecule has 0 saturated carbocycles. The smallest absolute Gasteiger partial charge is 0.411 e. The molecule has 0 radical (unpaired) electrons. The van der Waals surface area contributed by atoms with E-state index in [1.807, 2.05) is 30.3 Å². The van der Waals surface area contributed by atoms with Crippen molar-refractivity contribution in [2.24, 2.45) is 5.73 Å². The number of amides is 2. The van der Waals surface area contributed by atoms with Crippen LogP contribution >= 0.6 is 0 Å². The molecule has 0 fully saturated rings. The topological polar surface area (TPSA) is 92.9 Å². The number of hydrogen-bond acceptors (Lipinski definition) is 4. The maximum atomic E-state index is 12.6. The Bertz CT molecular complexity index is 552. The maximum Gasteiger partial charge on any atom is 0.411 e. The van der Waals surface area contributed by atoms with E-state index in [1.165, 1.54) is 11.8 Å². The van der Waals surface area contributed by atoms with Crippen molar-refractivity contribution in [2.45, 2.75) is 64.8 Å². The van der Waals surface area contributed by atoms with Crippen LogP contribution in [0.3, 0.4) is 0 Å². The third-order valence-corrected chi connectivity index (χ3v) is 3.50. The molecule has 2 amide bonds. The number of primary amides is 1.